The van der Waals surface area contributed by atoms with Crippen LogP contribution in [0.25, 0.3) is 10.2 Å². The highest BCUT2D eigenvalue weighted by molar-refractivity contribution is 7.18. The molecule has 0 bridgehead atoms. The molecule has 3 rings (SSSR count). The molecule has 0 radical (unpaired) electrons. The number of fused-ring (bicyclic) bond motifs is 1. The summed E-state index contributed by atoms with van der Waals surface area (Å²) in [6.07, 6.45) is 2.34. The SMILES string of the molecule is CCc1cc2c(=O)n(CC(=O)N(C)[C@@H](C)c3ccccc3)cnc2s1. The number of carbonyl (C=O) groups is 1. The van der Waals surface area contributed by atoms with Crippen molar-refractivity contribution >= 4 is 27.5 Å². The minimum atomic E-state index is -0.157. The first kappa shape index (κ1) is 17.4. The van der Waals surface area contributed by atoms with Crippen LogP contribution in [0.1, 0.15) is 30.3 Å². The second-order valence-electron chi connectivity index (χ2n) is 6.05. The standard InChI is InChI=1S/C19H21N3O2S/c1-4-15-10-16-18(25-15)20-12-22(19(16)24)11-17(23)21(3)13(2)14-8-6-5-7-9-14/h5-10,12-13H,4,11H2,1-3H3/t13-/m0/s1. The summed E-state index contributed by atoms with van der Waals surface area (Å²) in [5, 5.41) is 0.593. The van der Waals surface area contributed by atoms with Gasteiger partial charge in [0.2, 0.25) is 5.91 Å². The van der Waals surface area contributed by atoms with Gasteiger partial charge in [-0.15, -0.1) is 11.3 Å². The lowest BCUT2D eigenvalue weighted by Gasteiger charge is -2.25. The van der Waals surface area contributed by atoms with E-state index in [-0.39, 0.29) is 24.1 Å². The molecule has 0 spiro atoms. The van der Waals surface area contributed by atoms with Crippen LogP contribution in [0.2, 0.25) is 0 Å². The first-order chi connectivity index (χ1) is 12.0. The Bertz CT molecular complexity index is 946. The number of nitrogens with zero attached hydrogens (tertiary/aromatic N) is 3. The van der Waals surface area contributed by atoms with Gasteiger partial charge in [0.15, 0.2) is 0 Å². The van der Waals surface area contributed by atoms with E-state index in [0.717, 1.165) is 21.7 Å². The molecule has 0 aliphatic carbocycles. The van der Waals surface area contributed by atoms with Crippen LogP contribution in [0, 0.1) is 0 Å². The Morgan fingerprint density at radius 2 is 2.04 bits per heavy atom. The number of amides is 1. The van der Waals surface area contributed by atoms with E-state index >= 15 is 0 Å². The van der Waals surface area contributed by atoms with Gasteiger partial charge in [-0.05, 0) is 25.0 Å². The summed E-state index contributed by atoms with van der Waals surface area (Å²) in [6.45, 7) is 4.02. The first-order valence-electron chi connectivity index (χ1n) is 8.29. The normalized spacial score (nSPS) is 12.3. The number of likely N-dealkylation sites (N-methyl/N-ethyl adjacent to an activating group) is 1. The van der Waals surface area contributed by atoms with Crippen LogP contribution >= 0.6 is 11.3 Å². The number of aromatic nitrogens is 2. The van der Waals surface area contributed by atoms with Crippen molar-refractivity contribution in [3.8, 4) is 0 Å². The average molecular weight is 355 g/mol. The lowest BCUT2D eigenvalue weighted by atomic mass is 10.1. The number of benzene rings is 1. The van der Waals surface area contributed by atoms with E-state index in [1.54, 1.807) is 11.9 Å². The molecule has 25 heavy (non-hydrogen) atoms. The minimum Gasteiger partial charge on any atom is -0.337 e. The van der Waals surface area contributed by atoms with Gasteiger partial charge in [0, 0.05) is 11.9 Å². The third kappa shape index (κ3) is 3.49. The summed E-state index contributed by atoms with van der Waals surface area (Å²) in [7, 11) is 1.76. The van der Waals surface area contributed by atoms with Crippen molar-refractivity contribution < 1.29 is 4.79 Å². The smallest absolute Gasteiger partial charge is 0.262 e. The number of carbonyl (C=O) groups excluding carboxylic acids is 1. The molecule has 0 fully saturated rings. The Balaban J connectivity index is 1.82. The maximum absolute atomic E-state index is 12.6. The van der Waals surface area contributed by atoms with E-state index < -0.39 is 0 Å². The van der Waals surface area contributed by atoms with E-state index in [1.807, 2.05) is 50.2 Å². The second-order valence-corrected chi connectivity index (χ2v) is 7.17. The summed E-state index contributed by atoms with van der Waals surface area (Å²) < 4.78 is 1.39. The molecule has 0 saturated heterocycles. The number of hydrogen-bond donors (Lipinski definition) is 0. The third-order valence-corrected chi connectivity index (χ3v) is 5.67. The van der Waals surface area contributed by atoms with Crippen LogP contribution in [0.4, 0.5) is 0 Å². The van der Waals surface area contributed by atoms with Crippen LogP contribution in [-0.4, -0.2) is 27.4 Å². The molecule has 3 aromatic rings. The van der Waals surface area contributed by atoms with Crippen molar-refractivity contribution in [2.24, 2.45) is 0 Å². The topological polar surface area (TPSA) is 55.2 Å². The Morgan fingerprint density at radius 1 is 1.32 bits per heavy atom. The predicted molar refractivity (Wildman–Crippen MR) is 101 cm³/mol. The summed E-state index contributed by atoms with van der Waals surface area (Å²) in [6, 6.07) is 11.7. The molecule has 0 saturated carbocycles. The molecule has 6 heteroatoms. The van der Waals surface area contributed by atoms with Crippen LogP contribution in [-0.2, 0) is 17.8 Å². The molecule has 0 aliphatic rings. The van der Waals surface area contributed by atoms with Gasteiger partial charge in [-0.2, -0.15) is 0 Å². The van der Waals surface area contributed by atoms with E-state index in [9.17, 15) is 9.59 Å². The van der Waals surface area contributed by atoms with E-state index in [2.05, 4.69) is 4.98 Å². The minimum absolute atomic E-state index is 0.00719. The van der Waals surface area contributed by atoms with Gasteiger partial charge in [-0.3, -0.25) is 14.2 Å². The summed E-state index contributed by atoms with van der Waals surface area (Å²) >= 11 is 1.53. The highest BCUT2D eigenvalue weighted by atomic mass is 32.1. The molecular formula is C19H21N3O2S. The number of rotatable bonds is 5. The first-order valence-corrected chi connectivity index (χ1v) is 9.11. The van der Waals surface area contributed by atoms with Crippen LogP contribution < -0.4 is 5.56 Å². The van der Waals surface area contributed by atoms with Gasteiger partial charge in [-0.1, -0.05) is 37.3 Å². The largest absolute Gasteiger partial charge is 0.337 e. The number of hydrogen-bond acceptors (Lipinski definition) is 4. The molecule has 1 aromatic carbocycles. The van der Waals surface area contributed by atoms with Crippen molar-refractivity contribution in [2.45, 2.75) is 32.9 Å². The Kier molecular flexibility index (Phi) is 4.99. The molecule has 2 aromatic heterocycles. The van der Waals surface area contributed by atoms with E-state index in [0.29, 0.717) is 5.39 Å². The molecule has 1 amide bonds. The third-order valence-electron chi connectivity index (χ3n) is 4.48. The van der Waals surface area contributed by atoms with Gasteiger partial charge in [0.1, 0.15) is 11.4 Å². The van der Waals surface area contributed by atoms with Crippen LogP contribution in [0.3, 0.4) is 0 Å². The summed E-state index contributed by atoms with van der Waals surface area (Å²) in [5.41, 5.74) is 0.903. The maximum atomic E-state index is 12.6. The van der Waals surface area contributed by atoms with E-state index in [1.165, 1.54) is 22.2 Å². The molecule has 0 unspecified atom stereocenters. The molecule has 0 aliphatic heterocycles. The zero-order chi connectivity index (χ0) is 18.0. The number of thiophene rings is 1. The quantitative estimate of drug-likeness (QED) is 0.706. The van der Waals surface area contributed by atoms with E-state index in [4.69, 9.17) is 0 Å². The Hall–Kier alpha value is -2.47. The molecule has 0 N–H and O–H groups in total. The molecule has 130 valence electrons. The predicted octanol–water partition coefficient (Wildman–Crippen LogP) is 3.24. The average Bonchev–Trinajstić information content (AvgIpc) is 3.07. The van der Waals surface area contributed by atoms with Gasteiger partial charge < -0.3 is 4.90 Å². The second kappa shape index (κ2) is 7.19. The summed E-state index contributed by atoms with van der Waals surface area (Å²) in [4.78, 5) is 33.1. The fourth-order valence-electron chi connectivity index (χ4n) is 2.72. The highest BCUT2D eigenvalue weighted by Gasteiger charge is 2.18. The Morgan fingerprint density at radius 3 is 2.72 bits per heavy atom. The van der Waals surface area contributed by atoms with Crippen molar-refractivity contribution in [1.82, 2.24) is 14.5 Å². The lowest BCUT2D eigenvalue weighted by molar-refractivity contribution is -0.132. The maximum Gasteiger partial charge on any atom is 0.262 e. The Labute approximate surface area is 150 Å². The molecule has 1 atom stereocenters. The number of aryl methyl sites for hydroxylation is 1. The lowest BCUT2D eigenvalue weighted by Crippen LogP contribution is -2.35. The fourth-order valence-corrected chi connectivity index (χ4v) is 3.65. The van der Waals surface area contributed by atoms with Gasteiger partial charge in [0.25, 0.3) is 5.56 Å². The van der Waals surface area contributed by atoms with Crippen molar-refractivity contribution in [3.05, 3.63) is 63.5 Å². The van der Waals surface area contributed by atoms with Crippen molar-refractivity contribution in [1.29, 1.82) is 0 Å². The highest BCUT2D eigenvalue weighted by Crippen LogP contribution is 2.21. The van der Waals surface area contributed by atoms with Crippen LogP contribution in [0.15, 0.2) is 47.5 Å². The van der Waals surface area contributed by atoms with Crippen LogP contribution in [0.5, 0.6) is 0 Å². The van der Waals surface area contributed by atoms with Crippen molar-refractivity contribution in [3.63, 3.8) is 0 Å². The van der Waals surface area contributed by atoms with Gasteiger partial charge in [-0.25, -0.2) is 4.98 Å². The van der Waals surface area contributed by atoms with Gasteiger partial charge in [0.05, 0.1) is 17.8 Å². The zero-order valence-corrected chi connectivity index (χ0v) is 15.4. The zero-order valence-electron chi connectivity index (χ0n) is 14.6. The summed E-state index contributed by atoms with van der Waals surface area (Å²) in [5.74, 6) is -0.120. The molecule has 2 heterocycles. The molecule has 5 nitrogen and oxygen atoms in total. The van der Waals surface area contributed by atoms with Gasteiger partial charge >= 0.3 is 0 Å². The monoisotopic (exact) mass is 355 g/mol. The molecular weight excluding hydrogens is 334 g/mol. The van der Waals surface area contributed by atoms with Crippen molar-refractivity contribution in [2.75, 3.05) is 7.05 Å². The fraction of sp³-hybridized carbons (Fsp3) is 0.316.